The van der Waals surface area contributed by atoms with Crippen LogP contribution >= 0.6 is 0 Å². The monoisotopic (exact) mass is 176 g/mol. The fourth-order valence-electron chi connectivity index (χ4n) is 0.631. The van der Waals surface area contributed by atoms with Gasteiger partial charge in [0.05, 0.1) is 5.75 Å². The van der Waals surface area contributed by atoms with Crippen molar-refractivity contribution in [2.24, 2.45) is 5.92 Å². The predicted octanol–water partition coefficient (Wildman–Crippen LogP) is 1.37. The zero-order valence-electron chi connectivity index (χ0n) is 7.42. The summed E-state index contributed by atoms with van der Waals surface area (Å²) in [4.78, 5) is 11.2. The van der Waals surface area contributed by atoms with Gasteiger partial charge in [-0.1, -0.05) is 20.8 Å². The van der Waals surface area contributed by atoms with Crippen LogP contribution in [0.5, 0.6) is 0 Å². The van der Waals surface area contributed by atoms with E-state index in [0.29, 0.717) is 5.75 Å². The van der Waals surface area contributed by atoms with Crippen molar-refractivity contribution >= 4 is 16.6 Å². The molecule has 0 amide bonds. The lowest BCUT2D eigenvalue weighted by Crippen LogP contribution is -2.18. The number of carbonyl (C=O) groups excluding carboxylic acids is 1. The topological polar surface area (TPSA) is 34.1 Å². The molecule has 2 nitrogen and oxygen atoms in total. The second kappa shape index (κ2) is 5.47. The van der Waals surface area contributed by atoms with Gasteiger partial charge >= 0.3 is 0 Å². The van der Waals surface area contributed by atoms with Crippen LogP contribution in [-0.2, 0) is 15.6 Å². The Morgan fingerprint density at radius 3 is 2.36 bits per heavy atom. The second-order valence-electron chi connectivity index (χ2n) is 2.65. The molecule has 0 aromatic carbocycles. The lowest BCUT2D eigenvalue weighted by molar-refractivity contribution is -0.119. The van der Waals surface area contributed by atoms with Gasteiger partial charge in [-0.15, -0.1) is 0 Å². The molecule has 0 fully saturated rings. The number of hydrogen-bond acceptors (Lipinski definition) is 2. The van der Waals surface area contributed by atoms with Gasteiger partial charge in [-0.05, 0) is 6.42 Å². The van der Waals surface area contributed by atoms with E-state index in [1.807, 2.05) is 20.8 Å². The molecule has 11 heavy (non-hydrogen) atoms. The number of hydrogen-bond donors (Lipinski definition) is 0. The molecule has 0 aliphatic heterocycles. The molecule has 66 valence electrons. The minimum absolute atomic E-state index is 0.0745. The standard InChI is InChI=1S/C8H16O2S/c1-4-7(3)8(9)6-11(10)5-2/h7H,4-6H2,1-3H3. The summed E-state index contributed by atoms with van der Waals surface area (Å²) in [5.41, 5.74) is 0. The fraction of sp³-hybridized carbons (Fsp3) is 0.875. The highest BCUT2D eigenvalue weighted by molar-refractivity contribution is 7.85. The molecule has 0 aromatic heterocycles. The molecule has 2 unspecified atom stereocenters. The molecule has 0 aromatic rings. The van der Waals surface area contributed by atoms with E-state index in [1.165, 1.54) is 0 Å². The highest BCUT2D eigenvalue weighted by Gasteiger charge is 2.12. The van der Waals surface area contributed by atoms with E-state index < -0.39 is 10.8 Å². The number of carbonyl (C=O) groups is 1. The molecule has 0 rings (SSSR count). The third-order valence-corrected chi connectivity index (χ3v) is 3.04. The maximum atomic E-state index is 11.2. The van der Waals surface area contributed by atoms with Crippen LogP contribution in [0.15, 0.2) is 0 Å². The van der Waals surface area contributed by atoms with E-state index in [-0.39, 0.29) is 17.5 Å². The van der Waals surface area contributed by atoms with Crippen molar-refractivity contribution in [3.63, 3.8) is 0 Å². The number of ketones is 1. The van der Waals surface area contributed by atoms with E-state index in [4.69, 9.17) is 0 Å². The van der Waals surface area contributed by atoms with Crippen LogP contribution in [0.4, 0.5) is 0 Å². The third-order valence-electron chi connectivity index (χ3n) is 1.79. The van der Waals surface area contributed by atoms with E-state index in [2.05, 4.69) is 0 Å². The Balaban J connectivity index is 3.77. The maximum Gasteiger partial charge on any atom is 0.148 e. The molecule has 0 N–H and O–H groups in total. The van der Waals surface area contributed by atoms with E-state index in [0.717, 1.165) is 6.42 Å². The minimum Gasteiger partial charge on any atom is -0.298 e. The molecule has 0 spiro atoms. The van der Waals surface area contributed by atoms with Crippen LogP contribution in [-0.4, -0.2) is 21.5 Å². The number of rotatable bonds is 5. The van der Waals surface area contributed by atoms with Gasteiger partial charge in [0, 0.05) is 22.5 Å². The number of Topliss-reactive ketones (excluding diaryl/α,β-unsaturated/α-hetero) is 1. The Morgan fingerprint density at radius 1 is 1.45 bits per heavy atom. The normalized spacial score (nSPS) is 15.9. The van der Waals surface area contributed by atoms with Crippen molar-refractivity contribution in [3.8, 4) is 0 Å². The van der Waals surface area contributed by atoms with Gasteiger partial charge in [0.1, 0.15) is 5.78 Å². The Hall–Kier alpha value is -0.180. The molecule has 0 saturated carbocycles. The molecule has 2 atom stereocenters. The fourth-order valence-corrected chi connectivity index (χ4v) is 1.44. The molecule has 0 aliphatic carbocycles. The third kappa shape index (κ3) is 4.30. The summed E-state index contributed by atoms with van der Waals surface area (Å²) in [5, 5.41) is 0. The smallest absolute Gasteiger partial charge is 0.148 e. The highest BCUT2D eigenvalue weighted by atomic mass is 32.2. The summed E-state index contributed by atoms with van der Waals surface area (Å²) in [6.07, 6.45) is 0.847. The first-order valence-corrected chi connectivity index (χ1v) is 5.48. The zero-order chi connectivity index (χ0) is 8.85. The second-order valence-corrected chi connectivity index (χ2v) is 4.39. The van der Waals surface area contributed by atoms with Gasteiger partial charge in [0.25, 0.3) is 0 Å². The molecule has 0 saturated heterocycles. The van der Waals surface area contributed by atoms with Crippen molar-refractivity contribution in [2.45, 2.75) is 27.2 Å². The summed E-state index contributed by atoms with van der Waals surface area (Å²) < 4.78 is 10.9. The van der Waals surface area contributed by atoms with Crippen molar-refractivity contribution < 1.29 is 9.00 Å². The summed E-state index contributed by atoms with van der Waals surface area (Å²) in [6, 6.07) is 0. The minimum atomic E-state index is -0.929. The molecule has 0 bridgehead atoms. The van der Waals surface area contributed by atoms with E-state index in [9.17, 15) is 9.00 Å². The highest BCUT2D eigenvalue weighted by Crippen LogP contribution is 2.02. The summed E-state index contributed by atoms with van der Waals surface area (Å²) >= 11 is 0. The largest absolute Gasteiger partial charge is 0.298 e. The lowest BCUT2D eigenvalue weighted by Gasteiger charge is -2.05. The molecule has 0 heterocycles. The Kier molecular flexibility index (Phi) is 5.38. The van der Waals surface area contributed by atoms with Gasteiger partial charge in [-0.25, -0.2) is 0 Å². The van der Waals surface area contributed by atoms with Crippen LogP contribution in [0.2, 0.25) is 0 Å². The van der Waals surface area contributed by atoms with E-state index in [1.54, 1.807) is 0 Å². The van der Waals surface area contributed by atoms with Crippen molar-refractivity contribution in [2.75, 3.05) is 11.5 Å². The van der Waals surface area contributed by atoms with Crippen LogP contribution in [0.1, 0.15) is 27.2 Å². The van der Waals surface area contributed by atoms with Gasteiger partial charge in [-0.3, -0.25) is 9.00 Å². The van der Waals surface area contributed by atoms with E-state index >= 15 is 0 Å². The van der Waals surface area contributed by atoms with Gasteiger partial charge < -0.3 is 0 Å². The SMILES string of the molecule is CCC(C)C(=O)CS(=O)CC. The van der Waals surface area contributed by atoms with Crippen molar-refractivity contribution in [1.29, 1.82) is 0 Å². The molecular formula is C8H16O2S. The molecular weight excluding hydrogens is 160 g/mol. The van der Waals surface area contributed by atoms with Crippen molar-refractivity contribution in [1.82, 2.24) is 0 Å². The van der Waals surface area contributed by atoms with Gasteiger partial charge in [-0.2, -0.15) is 0 Å². The predicted molar refractivity (Wildman–Crippen MR) is 48.0 cm³/mol. The summed E-state index contributed by atoms with van der Waals surface area (Å²) in [5.74, 6) is 1.03. The first-order chi connectivity index (χ1) is 5.11. The Bertz CT molecular complexity index is 154. The average Bonchev–Trinajstić information content (AvgIpc) is 2.02. The average molecular weight is 176 g/mol. The first kappa shape index (κ1) is 10.8. The quantitative estimate of drug-likeness (QED) is 0.634. The first-order valence-electron chi connectivity index (χ1n) is 3.99. The summed E-state index contributed by atoms with van der Waals surface area (Å²) in [6.45, 7) is 5.69. The molecule has 3 heteroatoms. The maximum absolute atomic E-state index is 11.2. The molecule has 0 aliphatic rings. The van der Waals surface area contributed by atoms with Crippen LogP contribution in [0.25, 0.3) is 0 Å². The Morgan fingerprint density at radius 2 is 2.00 bits per heavy atom. The van der Waals surface area contributed by atoms with Crippen molar-refractivity contribution in [3.05, 3.63) is 0 Å². The zero-order valence-corrected chi connectivity index (χ0v) is 8.24. The van der Waals surface area contributed by atoms with Gasteiger partial charge in [0.2, 0.25) is 0 Å². The van der Waals surface area contributed by atoms with Crippen LogP contribution < -0.4 is 0 Å². The van der Waals surface area contributed by atoms with Crippen LogP contribution in [0, 0.1) is 5.92 Å². The molecule has 0 radical (unpaired) electrons. The van der Waals surface area contributed by atoms with Crippen LogP contribution in [0.3, 0.4) is 0 Å². The Labute approximate surface area is 70.8 Å². The lowest BCUT2D eigenvalue weighted by atomic mass is 10.1. The van der Waals surface area contributed by atoms with Gasteiger partial charge in [0.15, 0.2) is 0 Å². The summed E-state index contributed by atoms with van der Waals surface area (Å²) in [7, 11) is -0.929.